The molecule has 1 fully saturated rings. The van der Waals surface area contributed by atoms with Gasteiger partial charge in [-0.2, -0.15) is 0 Å². The van der Waals surface area contributed by atoms with E-state index in [9.17, 15) is 0 Å². The van der Waals surface area contributed by atoms with Crippen LogP contribution in [0.1, 0.15) is 39.0 Å². The van der Waals surface area contributed by atoms with Gasteiger partial charge in [-0.3, -0.25) is 4.90 Å². The Bertz CT molecular complexity index is 367. The molecule has 2 rings (SSSR count). The maximum absolute atomic E-state index is 3.59. The molecule has 1 aromatic heterocycles. The lowest BCUT2D eigenvalue weighted by Crippen LogP contribution is -2.39. The fraction of sp³-hybridized carbons (Fsp3) is 0.750. The van der Waals surface area contributed by atoms with Gasteiger partial charge in [-0.15, -0.1) is 11.3 Å². The molecule has 1 aliphatic heterocycles. The highest BCUT2D eigenvalue weighted by Crippen LogP contribution is 2.34. The number of nitrogens with zero attached hydrogens (tertiary/aromatic N) is 1. The number of hydrogen-bond donors (Lipinski definition) is 1. The molecule has 0 saturated carbocycles. The molecule has 1 aliphatic rings. The molecule has 2 atom stereocenters. The monoisotopic (exact) mass is 280 g/mol. The molecule has 0 aromatic carbocycles. The maximum atomic E-state index is 3.59. The van der Waals surface area contributed by atoms with Crippen molar-refractivity contribution in [3.8, 4) is 0 Å². The SMILES string of the molecule is CC(CNCc1cccs1)N1CCC(C(C)(C)C)C1. The summed E-state index contributed by atoms with van der Waals surface area (Å²) < 4.78 is 0. The third-order valence-electron chi connectivity index (χ3n) is 4.39. The maximum Gasteiger partial charge on any atom is 0.0300 e. The van der Waals surface area contributed by atoms with Gasteiger partial charge in [-0.1, -0.05) is 26.8 Å². The van der Waals surface area contributed by atoms with Crippen LogP contribution in [-0.2, 0) is 6.54 Å². The quantitative estimate of drug-likeness (QED) is 0.886. The zero-order valence-corrected chi connectivity index (χ0v) is 13.6. The van der Waals surface area contributed by atoms with E-state index in [1.807, 2.05) is 11.3 Å². The molecule has 0 bridgehead atoms. The number of hydrogen-bond acceptors (Lipinski definition) is 3. The van der Waals surface area contributed by atoms with Gasteiger partial charge in [0, 0.05) is 30.6 Å². The Balaban J connectivity index is 1.71. The average molecular weight is 280 g/mol. The molecule has 0 spiro atoms. The van der Waals surface area contributed by atoms with Crippen molar-refractivity contribution in [1.82, 2.24) is 10.2 Å². The fourth-order valence-corrected chi connectivity index (χ4v) is 3.52. The first-order valence-electron chi connectivity index (χ1n) is 7.44. The first-order chi connectivity index (χ1) is 8.97. The molecule has 2 heterocycles. The van der Waals surface area contributed by atoms with Crippen LogP contribution < -0.4 is 5.32 Å². The number of nitrogens with one attached hydrogen (secondary N) is 1. The van der Waals surface area contributed by atoms with Gasteiger partial charge in [0.05, 0.1) is 0 Å². The predicted octanol–water partition coefficient (Wildman–Crippen LogP) is 3.59. The highest BCUT2D eigenvalue weighted by Gasteiger charge is 2.33. The van der Waals surface area contributed by atoms with Crippen molar-refractivity contribution in [3.05, 3.63) is 22.4 Å². The van der Waals surface area contributed by atoms with Crippen LogP contribution in [-0.4, -0.2) is 30.6 Å². The zero-order chi connectivity index (χ0) is 13.9. The molecule has 0 radical (unpaired) electrons. The van der Waals surface area contributed by atoms with Gasteiger partial charge in [0.1, 0.15) is 0 Å². The summed E-state index contributed by atoms with van der Waals surface area (Å²) in [6, 6.07) is 4.97. The van der Waals surface area contributed by atoms with Crippen LogP contribution in [0.4, 0.5) is 0 Å². The molecule has 2 nitrogen and oxygen atoms in total. The van der Waals surface area contributed by atoms with E-state index in [2.05, 4.69) is 55.4 Å². The lowest BCUT2D eigenvalue weighted by atomic mass is 9.80. The Labute approximate surface area is 122 Å². The number of likely N-dealkylation sites (tertiary alicyclic amines) is 1. The highest BCUT2D eigenvalue weighted by atomic mass is 32.1. The number of rotatable bonds is 5. The van der Waals surface area contributed by atoms with E-state index in [1.54, 1.807) is 0 Å². The topological polar surface area (TPSA) is 15.3 Å². The zero-order valence-electron chi connectivity index (χ0n) is 12.8. The summed E-state index contributed by atoms with van der Waals surface area (Å²) in [7, 11) is 0. The standard InChI is InChI=1S/C16H28N2S/c1-13(10-17-11-15-6-5-9-19-15)18-8-7-14(12-18)16(2,3)4/h5-6,9,13-14,17H,7-8,10-12H2,1-4H3. The molecular weight excluding hydrogens is 252 g/mol. The Morgan fingerprint density at radius 2 is 2.26 bits per heavy atom. The predicted molar refractivity (Wildman–Crippen MR) is 84.6 cm³/mol. The van der Waals surface area contributed by atoms with Crippen LogP contribution >= 0.6 is 11.3 Å². The molecule has 0 amide bonds. The summed E-state index contributed by atoms with van der Waals surface area (Å²) in [6.07, 6.45) is 1.36. The second kappa shape index (κ2) is 6.38. The summed E-state index contributed by atoms with van der Waals surface area (Å²) in [4.78, 5) is 4.08. The first kappa shape index (κ1) is 15.0. The van der Waals surface area contributed by atoms with E-state index in [4.69, 9.17) is 0 Å². The Hall–Kier alpha value is -0.380. The second-order valence-corrected chi connectivity index (χ2v) is 7.94. The summed E-state index contributed by atoms with van der Waals surface area (Å²) in [5, 5.41) is 5.73. The largest absolute Gasteiger partial charge is 0.310 e. The summed E-state index contributed by atoms with van der Waals surface area (Å²) in [5.74, 6) is 0.854. The van der Waals surface area contributed by atoms with E-state index >= 15 is 0 Å². The third-order valence-corrected chi connectivity index (χ3v) is 5.26. The minimum absolute atomic E-state index is 0.457. The summed E-state index contributed by atoms with van der Waals surface area (Å²) in [5.41, 5.74) is 0.457. The van der Waals surface area contributed by atoms with Crippen molar-refractivity contribution < 1.29 is 0 Å². The molecular formula is C16H28N2S. The van der Waals surface area contributed by atoms with Crippen LogP contribution in [0.3, 0.4) is 0 Å². The van der Waals surface area contributed by atoms with Gasteiger partial charge in [0.2, 0.25) is 0 Å². The second-order valence-electron chi connectivity index (χ2n) is 6.91. The normalized spacial score (nSPS) is 22.8. The number of thiophene rings is 1. The highest BCUT2D eigenvalue weighted by molar-refractivity contribution is 7.09. The van der Waals surface area contributed by atoms with Gasteiger partial charge in [-0.05, 0) is 42.7 Å². The minimum atomic E-state index is 0.457. The molecule has 19 heavy (non-hydrogen) atoms. The van der Waals surface area contributed by atoms with Crippen molar-refractivity contribution in [1.29, 1.82) is 0 Å². The smallest absolute Gasteiger partial charge is 0.0300 e. The lowest BCUT2D eigenvalue weighted by molar-refractivity contribution is 0.199. The lowest BCUT2D eigenvalue weighted by Gasteiger charge is -2.29. The Kier molecular flexibility index (Phi) is 5.04. The van der Waals surface area contributed by atoms with Crippen LogP contribution in [0.2, 0.25) is 0 Å². The van der Waals surface area contributed by atoms with Crippen LogP contribution in [0, 0.1) is 11.3 Å². The van der Waals surface area contributed by atoms with Crippen molar-refractivity contribution in [2.75, 3.05) is 19.6 Å². The summed E-state index contributed by atoms with van der Waals surface area (Å²) >= 11 is 1.83. The van der Waals surface area contributed by atoms with E-state index in [1.165, 1.54) is 24.4 Å². The van der Waals surface area contributed by atoms with Gasteiger partial charge < -0.3 is 5.32 Å². The molecule has 108 valence electrons. The Morgan fingerprint density at radius 1 is 1.47 bits per heavy atom. The molecule has 1 saturated heterocycles. The average Bonchev–Trinajstić information content (AvgIpc) is 2.99. The molecule has 3 heteroatoms. The van der Waals surface area contributed by atoms with E-state index in [0.29, 0.717) is 11.5 Å². The molecule has 1 N–H and O–H groups in total. The van der Waals surface area contributed by atoms with Crippen molar-refractivity contribution in [2.24, 2.45) is 11.3 Å². The van der Waals surface area contributed by atoms with Gasteiger partial charge >= 0.3 is 0 Å². The van der Waals surface area contributed by atoms with E-state index < -0.39 is 0 Å². The van der Waals surface area contributed by atoms with Crippen LogP contribution in [0.25, 0.3) is 0 Å². The Morgan fingerprint density at radius 3 is 2.84 bits per heavy atom. The van der Waals surface area contributed by atoms with Crippen molar-refractivity contribution in [2.45, 2.75) is 46.7 Å². The van der Waals surface area contributed by atoms with E-state index in [0.717, 1.165) is 19.0 Å². The van der Waals surface area contributed by atoms with Crippen LogP contribution in [0.5, 0.6) is 0 Å². The van der Waals surface area contributed by atoms with Gasteiger partial charge in [0.25, 0.3) is 0 Å². The van der Waals surface area contributed by atoms with Crippen LogP contribution in [0.15, 0.2) is 17.5 Å². The fourth-order valence-electron chi connectivity index (χ4n) is 2.84. The van der Waals surface area contributed by atoms with Crippen molar-refractivity contribution >= 4 is 11.3 Å². The van der Waals surface area contributed by atoms with Crippen molar-refractivity contribution in [3.63, 3.8) is 0 Å². The summed E-state index contributed by atoms with van der Waals surface area (Å²) in [6.45, 7) is 14.1. The third kappa shape index (κ3) is 4.30. The van der Waals surface area contributed by atoms with E-state index in [-0.39, 0.29) is 0 Å². The minimum Gasteiger partial charge on any atom is -0.310 e. The van der Waals surface area contributed by atoms with Gasteiger partial charge in [-0.25, -0.2) is 0 Å². The van der Waals surface area contributed by atoms with Gasteiger partial charge in [0.15, 0.2) is 0 Å². The molecule has 0 aliphatic carbocycles. The molecule has 2 unspecified atom stereocenters. The molecule has 1 aromatic rings. The first-order valence-corrected chi connectivity index (χ1v) is 8.32.